The highest BCUT2D eigenvalue weighted by Gasteiger charge is 2.81. The summed E-state index contributed by atoms with van der Waals surface area (Å²) in [6.07, 6.45) is 0. The summed E-state index contributed by atoms with van der Waals surface area (Å²) in [7, 11) is 0.775. The molecule has 1 nitrogen and oxygen atoms in total. The predicted octanol–water partition coefficient (Wildman–Crippen LogP) is 3.98. The molecule has 0 aliphatic heterocycles. The Balaban J connectivity index is 3.01. The average Bonchev–Trinajstić information content (AvgIpc) is 2.42. The maximum absolute atomic E-state index is 13.6. The van der Waals surface area contributed by atoms with Gasteiger partial charge in [-0.3, -0.25) is 0 Å². The van der Waals surface area contributed by atoms with Gasteiger partial charge in [-0.1, -0.05) is 0 Å². The summed E-state index contributed by atoms with van der Waals surface area (Å²) in [6.45, 7) is 0. The van der Waals surface area contributed by atoms with Crippen LogP contribution in [0.2, 0.25) is 0 Å². The lowest BCUT2D eigenvalue weighted by Crippen LogP contribution is -2.43. The van der Waals surface area contributed by atoms with Gasteiger partial charge in [0, 0.05) is 7.05 Å². The van der Waals surface area contributed by atoms with Gasteiger partial charge in [0.05, 0.1) is 11.1 Å². The number of nitrogens with one attached hydrogen (secondary N) is 1. The summed E-state index contributed by atoms with van der Waals surface area (Å²) < 4.78 is 119. The van der Waals surface area contributed by atoms with Gasteiger partial charge in [0.25, 0.3) is 0 Å². The molecule has 1 aromatic carbocycles. The number of alkyl halides is 6. The Labute approximate surface area is 105 Å². The lowest BCUT2D eigenvalue weighted by Gasteiger charge is -2.23. The first-order chi connectivity index (χ1) is 8.92. The fraction of sp³-hybridized carbons (Fsp3) is 0.400. The molecule has 10 heteroatoms. The minimum absolute atomic E-state index is 0.775. The second-order valence-corrected chi connectivity index (χ2v) is 4.04. The fourth-order valence-electron chi connectivity index (χ4n) is 1.98. The van der Waals surface area contributed by atoms with E-state index in [1.54, 1.807) is 5.32 Å². The summed E-state index contributed by atoms with van der Waals surface area (Å²) >= 11 is 0. The molecule has 0 spiro atoms. The molecule has 20 heavy (non-hydrogen) atoms. The Morgan fingerprint density at radius 2 is 1.10 bits per heavy atom. The van der Waals surface area contributed by atoms with E-state index in [0.29, 0.717) is 0 Å². The van der Waals surface area contributed by atoms with Crippen molar-refractivity contribution in [3.63, 3.8) is 0 Å². The van der Waals surface area contributed by atoms with Crippen LogP contribution in [-0.2, 0) is 11.8 Å². The summed E-state index contributed by atoms with van der Waals surface area (Å²) in [5.41, 5.74) is -6.74. The van der Waals surface area contributed by atoms with E-state index < -0.39 is 52.0 Å². The molecule has 0 aromatic heterocycles. The van der Waals surface area contributed by atoms with Crippen LogP contribution in [0.15, 0.2) is 0 Å². The van der Waals surface area contributed by atoms with Gasteiger partial charge in [-0.2, -0.15) is 26.3 Å². The third-order valence-electron chi connectivity index (χ3n) is 2.99. The van der Waals surface area contributed by atoms with Gasteiger partial charge in [-0.25, -0.2) is 13.2 Å². The summed E-state index contributed by atoms with van der Waals surface area (Å²) in [4.78, 5) is 0. The topological polar surface area (TPSA) is 12.0 Å². The largest absolute Gasteiger partial charge is 0.383 e. The molecule has 0 saturated carbocycles. The van der Waals surface area contributed by atoms with E-state index in [9.17, 15) is 39.5 Å². The van der Waals surface area contributed by atoms with E-state index >= 15 is 0 Å². The van der Waals surface area contributed by atoms with E-state index in [-0.39, 0.29) is 0 Å². The maximum Gasteiger partial charge on any atom is 0.380 e. The van der Waals surface area contributed by atoms with E-state index in [1.165, 1.54) is 0 Å². The van der Waals surface area contributed by atoms with Crippen LogP contribution in [0.25, 0.3) is 0 Å². The van der Waals surface area contributed by atoms with Crippen molar-refractivity contribution in [2.75, 3.05) is 12.4 Å². The van der Waals surface area contributed by atoms with Crippen molar-refractivity contribution in [2.45, 2.75) is 17.8 Å². The van der Waals surface area contributed by atoms with Gasteiger partial charge in [0.1, 0.15) is 5.69 Å². The monoisotopic (exact) mass is 309 g/mol. The fourth-order valence-corrected chi connectivity index (χ4v) is 1.98. The van der Waals surface area contributed by atoms with E-state index in [1.807, 2.05) is 0 Å². The zero-order valence-electron chi connectivity index (χ0n) is 9.40. The normalized spacial score (nSPS) is 21.7. The van der Waals surface area contributed by atoms with Crippen LogP contribution in [0.5, 0.6) is 0 Å². The van der Waals surface area contributed by atoms with Crippen LogP contribution < -0.4 is 5.32 Å². The number of rotatable bonds is 1. The second-order valence-electron chi connectivity index (χ2n) is 4.04. The first-order valence-electron chi connectivity index (χ1n) is 4.95. The van der Waals surface area contributed by atoms with Gasteiger partial charge in [0.15, 0.2) is 17.5 Å². The minimum Gasteiger partial charge on any atom is -0.383 e. The molecule has 2 rings (SSSR count). The molecule has 1 aliphatic rings. The first kappa shape index (κ1) is 14.8. The maximum atomic E-state index is 13.6. The molecule has 0 saturated heterocycles. The molecule has 1 aliphatic carbocycles. The van der Waals surface area contributed by atoms with Crippen molar-refractivity contribution in [3.05, 3.63) is 28.6 Å². The second kappa shape index (κ2) is 3.73. The average molecular weight is 309 g/mol. The molecule has 0 heterocycles. The molecular formula is C10H4F9N. The van der Waals surface area contributed by atoms with Crippen LogP contribution in [0.3, 0.4) is 0 Å². The molecule has 1 N–H and O–H groups in total. The molecule has 0 amide bonds. The smallest absolute Gasteiger partial charge is 0.380 e. The number of hydrogen-bond donors (Lipinski definition) is 1. The molecule has 0 bridgehead atoms. The molecule has 0 fully saturated rings. The number of benzene rings is 1. The number of fused-ring (bicyclic) bond motifs is 1. The SMILES string of the molecule is CNc1c(F)c(F)c2c(c1F)C(F)(F)C(F)(F)C2(F)F. The lowest BCUT2D eigenvalue weighted by molar-refractivity contribution is -0.303. The van der Waals surface area contributed by atoms with E-state index in [2.05, 4.69) is 0 Å². The number of halogens is 9. The van der Waals surface area contributed by atoms with Gasteiger partial charge in [-0.15, -0.1) is 0 Å². The number of hydrogen-bond acceptors (Lipinski definition) is 1. The quantitative estimate of drug-likeness (QED) is 0.611. The zero-order chi connectivity index (χ0) is 15.7. The molecule has 0 radical (unpaired) electrons. The van der Waals surface area contributed by atoms with Gasteiger partial charge >= 0.3 is 17.8 Å². The summed E-state index contributed by atoms with van der Waals surface area (Å²) in [5, 5.41) is 1.61. The Morgan fingerprint density at radius 1 is 0.700 bits per heavy atom. The highest BCUT2D eigenvalue weighted by atomic mass is 19.3. The van der Waals surface area contributed by atoms with Crippen molar-refractivity contribution in [1.29, 1.82) is 0 Å². The van der Waals surface area contributed by atoms with Gasteiger partial charge < -0.3 is 5.32 Å². The zero-order valence-corrected chi connectivity index (χ0v) is 9.40. The standard InChI is InChI=1S/C10H4F9N/c1-20-7-5(12)3-2(4(11)6(7)13)8(14,15)10(18,19)9(3,16)17/h20H,1H3. The van der Waals surface area contributed by atoms with Crippen LogP contribution >= 0.6 is 0 Å². The Bertz CT molecular complexity index is 593. The minimum atomic E-state index is -6.08. The third kappa shape index (κ3) is 1.31. The van der Waals surface area contributed by atoms with E-state index in [0.717, 1.165) is 7.05 Å². The third-order valence-corrected chi connectivity index (χ3v) is 2.99. The van der Waals surface area contributed by atoms with Crippen LogP contribution in [0.4, 0.5) is 45.2 Å². The van der Waals surface area contributed by atoms with Crippen molar-refractivity contribution < 1.29 is 39.5 Å². The summed E-state index contributed by atoms with van der Waals surface area (Å²) in [5.74, 6) is -24.8. The van der Waals surface area contributed by atoms with Crippen LogP contribution in [-0.4, -0.2) is 13.0 Å². The van der Waals surface area contributed by atoms with Crippen LogP contribution in [0, 0.1) is 17.5 Å². The highest BCUT2D eigenvalue weighted by molar-refractivity contribution is 5.58. The van der Waals surface area contributed by atoms with Crippen molar-refractivity contribution in [3.8, 4) is 0 Å². The number of anilines is 1. The Hall–Kier alpha value is -1.61. The van der Waals surface area contributed by atoms with Crippen LogP contribution in [0.1, 0.15) is 11.1 Å². The Kier molecular flexibility index (Phi) is 2.76. The first-order valence-corrected chi connectivity index (χ1v) is 4.95. The predicted molar refractivity (Wildman–Crippen MR) is 48.6 cm³/mol. The van der Waals surface area contributed by atoms with Crippen molar-refractivity contribution in [2.24, 2.45) is 0 Å². The van der Waals surface area contributed by atoms with E-state index in [4.69, 9.17) is 0 Å². The molecule has 1 aromatic rings. The lowest BCUT2D eigenvalue weighted by atomic mass is 10.0. The van der Waals surface area contributed by atoms with Gasteiger partial charge in [0.2, 0.25) is 0 Å². The molecular weight excluding hydrogens is 305 g/mol. The van der Waals surface area contributed by atoms with Gasteiger partial charge in [-0.05, 0) is 0 Å². The molecule has 0 unspecified atom stereocenters. The summed E-state index contributed by atoms with van der Waals surface area (Å²) in [6, 6.07) is 0. The molecule has 0 atom stereocenters. The molecule has 112 valence electrons. The Morgan fingerprint density at radius 3 is 1.50 bits per heavy atom. The van der Waals surface area contributed by atoms with Crippen molar-refractivity contribution >= 4 is 5.69 Å². The van der Waals surface area contributed by atoms with Crippen molar-refractivity contribution in [1.82, 2.24) is 0 Å². The highest BCUT2D eigenvalue weighted by Crippen LogP contribution is 2.64.